The van der Waals surface area contributed by atoms with Crippen LogP contribution in [0.1, 0.15) is 105 Å². The van der Waals surface area contributed by atoms with Crippen molar-refractivity contribution < 1.29 is 0 Å². The maximum absolute atomic E-state index is 2.62. The molecular formula is C62H62BN3S2. The Morgan fingerprint density at radius 3 is 1.07 bits per heavy atom. The van der Waals surface area contributed by atoms with Gasteiger partial charge in [0, 0.05) is 43.5 Å². The highest BCUT2D eigenvalue weighted by atomic mass is 32.1. The highest BCUT2D eigenvalue weighted by molar-refractivity contribution is 7.29. The molecule has 2 aliphatic heterocycles. The van der Waals surface area contributed by atoms with E-state index in [4.69, 9.17) is 0 Å². The van der Waals surface area contributed by atoms with Gasteiger partial charge in [0.05, 0.1) is 15.7 Å². The van der Waals surface area contributed by atoms with Crippen molar-refractivity contribution in [3.05, 3.63) is 180 Å². The number of rotatable bonds is 5. The zero-order valence-corrected chi connectivity index (χ0v) is 43.4. The molecule has 0 N–H and O–H groups in total. The van der Waals surface area contributed by atoms with Crippen molar-refractivity contribution in [1.82, 2.24) is 0 Å². The van der Waals surface area contributed by atoms with Gasteiger partial charge in [-0.2, -0.15) is 0 Å². The van der Waals surface area contributed by atoms with Crippen LogP contribution in [-0.2, 0) is 21.7 Å². The van der Waals surface area contributed by atoms with Crippen molar-refractivity contribution in [3.63, 3.8) is 0 Å². The summed E-state index contributed by atoms with van der Waals surface area (Å²) >= 11 is 3.91. The summed E-state index contributed by atoms with van der Waals surface area (Å²) in [6.07, 6.45) is 0. The molecular weight excluding hydrogens is 862 g/mol. The van der Waals surface area contributed by atoms with E-state index in [2.05, 4.69) is 256 Å². The predicted octanol–water partition coefficient (Wildman–Crippen LogP) is 16.9. The molecule has 4 heterocycles. The van der Waals surface area contributed by atoms with Crippen LogP contribution in [0.25, 0.3) is 20.2 Å². The van der Waals surface area contributed by atoms with E-state index in [1.54, 1.807) is 0 Å². The molecule has 0 unspecified atom stereocenters. The molecule has 9 aromatic rings. The second kappa shape index (κ2) is 15.7. The van der Waals surface area contributed by atoms with Gasteiger partial charge in [-0.3, -0.25) is 0 Å². The number of anilines is 9. The molecule has 2 aliphatic rings. The second-order valence-corrected chi connectivity index (χ2v) is 25.2. The minimum atomic E-state index is -0.0142. The summed E-state index contributed by atoms with van der Waals surface area (Å²) in [5, 5.41) is 5.27. The number of thiophene rings is 2. The van der Waals surface area contributed by atoms with Crippen LogP contribution in [0.15, 0.2) is 158 Å². The lowest BCUT2D eigenvalue weighted by atomic mass is 9.33. The van der Waals surface area contributed by atoms with Gasteiger partial charge in [-0.25, -0.2) is 0 Å². The first-order chi connectivity index (χ1) is 32.3. The van der Waals surface area contributed by atoms with Crippen LogP contribution < -0.4 is 31.1 Å². The third-order valence-electron chi connectivity index (χ3n) is 14.3. The highest BCUT2D eigenvalue weighted by Crippen LogP contribution is 2.53. The van der Waals surface area contributed by atoms with Crippen molar-refractivity contribution in [3.8, 4) is 0 Å². The zero-order chi connectivity index (χ0) is 47.7. The van der Waals surface area contributed by atoms with Crippen LogP contribution in [0, 0.1) is 0 Å². The smallest absolute Gasteiger partial charge is 0.256 e. The Hall–Kier alpha value is -6.08. The van der Waals surface area contributed by atoms with Gasteiger partial charge in [0.2, 0.25) is 0 Å². The van der Waals surface area contributed by atoms with E-state index in [-0.39, 0.29) is 28.4 Å². The standard InChI is InChI=1S/C62H62BN3S2/c1-59(2,3)39-23-29-45(30-24-39)65-50-37-47(64(43-19-15-13-16-20-43)44-21-17-14-18-22-44)38-51-56(50)63(54-48-33-27-41(61(7,8)9)35-52(48)67-57(54)65)55-49-34-28-42(62(10,11)12)36-53(49)68-58(55)66(51)46-31-25-40(26-32-46)60(4,5)6/h13-38H,1-12H3. The lowest BCUT2D eigenvalue weighted by Gasteiger charge is -2.43. The Balaban J connectivity index is 1.30. The van der Waals surface area contributed by atoms with Crippen molar-refractivity contribution in [2.24, 2.45) is 0 Å². The molecule has 0 radical (unpaired) electrons. The molecule has 0 amide bonds. The van der Waals surface area contributed by atoms with Crippen LogP contribution in [0.3, 0.4) is 0 Å². The summed E-state index contributed by atoms with van der Waals surface area (Å²) in [5.74, 6) is 0. The lowest BCUT2D eigenvalue weighted by Crippen LogP contribution is -2.60. The van der Waals surface area contributed by atoms with E-state index in [0.29, 0.717) is 0 Å². The third kappa shape index (κ3) is 7.38. The van der Waals surface area contributed by atoms with Crippen LogP contribution in [0.5, 0.6) is 0 Å². The van der Waals surface area contributed by atoms with Gasteiger partial charge in [-0.05, 0) is 144 Å². The predicted molar refractivity (Wildman–Crippen MR) is 301 cm³/mol. The summed E-state index contributed by atoms with van der Waals surface area (Å²) in [6.45, 7) is 27.8. The fourth-order valence-electron chi connectivity index (χ4n) is 10.4. The Bertz CT molecular complexity index is 3150. The third-order valence-corrected chi connectivity index (χ3v) is 16.6. The molecule has 0 saturated carbocycles. The molecule has 7 aromatic carbocycles. The van der Waals surface area contributed by atoms with E-state index in [1.165, 1.54) is 91.6 Å². The van der Waals surface area contributed by atoms with Gasteiger partial charge in [0.1, 0.15) is 0 Å². The number of fused-ring (bicyclic) bond motifs is 8. The number of hydrogen-bond donors (Lipinski definition) is 0. The summed E-state index contributed by atoms with van der Waals surface area (Å²) in [6, 6.07) is 60.3. The summed E-state index contributed by atoms with van der Waals surface area (Å²) < 4.78 is 2.67. The van der Waals surface area contributed by atoms with E-state index in [1.807, 2.05) is 22.7 Å². The first-order valence-corrected chi connectivity index (χ1v) is 25.9. The number of para-hydroxylation sites is 2. The molecule has 0 fully saturated rings. The Kier molecular flexibility index (Phi) is 10.3. The molecule has 0 aliphatic carbocycles. The Labute approximate surface area is 412 Å². The average molecular weight is 924 g/mol. The molecule has 340 valence electrons. The van der Waals surface area contributed by atoms with E-state index in [0.717, 1.165) is 17.1 Å². The van der Waals surface area contributed by atoms with Gasteiger partial charge in [-0.15, -0.1) is 22.7 Å². The largest absolute Gasteiger partial charge is 0.310 e. The molecule has 11 rings (SSSR count). The quantitative estimate of drug-likeness (QED) is 0.159. The Morgan fingerprint density at radius 2 is 0.721 bits per heavy atom. The monoisotopic (exact) mass is 923 g/mol. The van der Waals surface area contributed by atoms with E-state index in [9.17, 15) is 0 Å². The van der Waals surface area contributed by atoms with Gasteiger partial charge >= 0.3 is 0 Å². The number of hydrogen-bond acceptors (Lipinski definition) is 5. The molecule has 6 heteroatoms. The molecule has 0 spiro atoms. The maximum atomic E-state index is 2.62. The van der Waals surface area contributed by atoms with E-state index < -0.39 is 0 Å². The second-order valence-electron chi connectivity index (χ2n) is 23.2. The maximum Gasteiger partial charge on any atom is 0.256 e. The minimum Gasteiger partial charge on any atom is -0.310 e. The minimum absolute atomic E-state index is 0.0138. The fraction of sp³-hybridized carbons (Fsp3) is 0.258. The van der Waals surface area contributed by atoms with Crippen molar-refractivity contribution in [2.75, 3.05) is 14.7 Å². The summed E-state index contributed by atoms with van der Waals surface area (Å²) in [7, 11) is 0. The van der Waals surface area contributed by atoms with Crippen molar-refractivity contribution >= 4 is 116 Å². The van der Waals surface area contributed by atoms with Crippen LogP contribution in [0.4, 0.5) is 49.8 Å². The van der Waals surface area contributed by atoms with E-state index >= 15 is 0 Å². The first-order valence-electron chi connectivity index (χ1n) is 24.3. The molecule has 0 saturated heterocycles. The molecule has 2 aromatic heterocycles. The Morgan fingerprint density at radius 1 is 0.368 bits per heavy atom. The molecule has 0 atom stereocenters. The highest BCUT2D eigenvalue weighted by Gasteiger charge is 2.48. The summed E-state index contributed by atoms with van der Waals surface area (Å²) in [4.78, 5) is 7.68. The van der Waals surface area contributed by atoms with Crippen LogP contribution in [0.2, 0.25) is 0 Å². The van der Waals surface area contributed by atoms with Gasteiger partial charge < -0.3 is 14.7 Å². The normalized spacial score (nSPS) is 13.8. The fourth-order valence-corrected chi connectivity index (χ4v) is 13.1. The van der Waals surface area contributed by atoms with Gasteiger partial charge in [0.25, 0.3) is 6.71 Å². The van der Waals surface area contributed by atoms with Crippen LogP contribution >= 0.6 is 22.7 Å². The molecule has 3 nitrogen and oxygen atoms in total. The van der Waals surface area contributed by atoms with Crippen molar-refractivity contribution in [2.45, 2.75) is 105 Å². The van der Waals surface area contributed by atoms with Gasteiger partial charge in [-0.1, -0.05) is 168 Å². The first kappa shape index (κ1) is 44.4. The summed E-state index contributed by atoms with van der Waals surface area (Å²) in [5.41, 5.74) is 17.7. The number of nitrogens with zero attached hydrogens (tertiary/aromatic N) is 3. The SMILES string of the molecule is CC(C)(C)c1ccc(N2c3cc(N(c4ccccc4)c4ccccc4)cc4c3B(c3c2sc2cc(C(C)(C)C)ccc32)c2c(sc3cc(C(C)(C)C)ccc23)N4c2ccc(C(C)(C)C)cc2)cc1. The number of benzene rings is 7. The van der Waals surface area contributed by atoms with Gasteiger partial charge in [0.15, 0.2) is 0 Å². The van der Waals surface area contributed by atoms with Crippen molar-refractivity contribution in [1.29, 1.82) is 0 Å². The lowest BCUT2D eigenvalue weighted by molar-refractivity contribution is 0.590. The topological polar surface area (TPSA) is 9.72 Å². The zero-order valence-electron chi connectivity index (χ0n) is 41.7. The molecule has 68 heavy (non-hydrogen) atoms. The average Bonchev–Trinajstić information content (AvgIpc) is 3.87. The van der Waals surface area contributed by atoms with Crippen LogP contribution in [-0.4, -0.2) is 6.71 Å². The molecule has 0 bridgehead atoms.